The lowest BCUT2D eigenvalue weighted by molar-refractivity contribution is -0.160. The maximum Gasteiger partial charge on any atom is 0.406 e. The van der Waals surface area contributed by atoms with Crippen molar-refractivity contribution in [1.82, 2.24) is 9.88 Å². The van der Waals surface area contributed by atoms with Crippen molar-refractivity contribution in [2.24, 2.45) is 17.3 Å². The molecule has 0 spiro atoms. The van der Waals surface area contributed by atoms with E-state index in [1.807, 2.05) is 13.8 Å². The van der Waals surface area contributed by atoms with E-state index in [2.05, 4.69) is 10.6 Å². The third-order valence-electron chi connectivity index (χ3n) is 5.22. The first kappa shape index (κ1) is 20.8. The molecule has 1 aromatic heterocycles. The number of pyridine rings is 1. The first-order chi connectivity index (χ1) is 12.3. The van der Waals surface area contributed by atoms with E-state index in [9.17, 15) is 27.6 Å². The number of carboxylic acids is 1. The minimum atomic E-state index is -4.56. The maximum absolute atomic E-state index is 12.5. The second kappa shape index (κ2) is 7.24. The number of hydrogen-bond donors (Lipinski definition) is 3. The van der Waals surface area contributed by atoms with Gasteiger partial charge >= 0.3 is 18.2 Å². The van der Waals surface area contributed by atoms with Crippen molar-refractivity contribution in [3.8, 4) is 0 Å². The Labute approximate surface area is 153 Å². The summed E-state index contributed by atoms with van der Waals surface area (Å²) in [6.07, 6.45) is -3.16. The third-order valence-corrected chi connectivity index (χ3v) is 5.22. The molecule has 10 heteroatoms. The Bertz CT molecular complexity index is 788. The molecule has 0 saturated heterocycles. The lowest BCUT2D eigenvalue weighted by Gasteiger charge is -2.52. The quantitative estimate of drug-likeness (QED) is 0.721. The second-order valence-electron chi connectivity index (χ2n) is 7.41. The molecule has 1 unspecified atom stereocenters. The molecular formula is C17H22F3N3O4. The molecule has 0 aliphatic heterocycles. The number of urea groups is 1. The molecule has 3 N–H and O–H groups in total. The van der Waals surface area contributed by atoms with Gasteiger partial charge in [0.25, 0.3) is 5.56 Å². The number of nitrogens with one attached hydrogen (secondary N) is 2. The predicted molar refractivity (Wildman–Crippen MR) is 91.4 cm³/mol. The minimum Gasteiger partial charge on any atom is -0.481 e. The van der Waals surface area contributed by atoms with Gasteiger partial charge in [-0.05, 0) is 36.8 Å². The lowest BCUT2D eigenvalue weighted by atomic mass is 9.53. The summed E-state index contributed by atoms with van der Waals surface area (Å²) in [6, 6.07) is 1.34. The van der Waals surface area contributed by atoms with E-state index in [-0.39, 0.29) is 17.6 Å². The molecule has 1 heterocycles. The van der Waals surface area contributed by atoms with Crippen LogP contribution in [0.25, 0.3) is 0 Å². The van der Waals surface area contributed by atoms with E-state index < -0.39 is 41.6 Å². The van der Waals surface area contributed by atoms with Crippen LogP contribution < -0.4 is 16.2 Å². The summed E-state index contributed by atoms with van der Waals surface area (Å²) in [4.78, 5) is 35.4. The Hall–Kier alpha value is -2.52. The van der Waals surface area contributed by atoms with E-state index in [0.717, 1.165) is 6.20 Å². The van der Waals surface area contributed by atoms with Crippen molar-refractivity contribution in [1.29, 1.82) is 0 Å². The number of aromatic nitrogens is 1. The second-order valence-corrected chi connectivity index (χ2v) is 7.41. The number of aliphatic carboxylic acids is 1. The van der Waals surface area contributed by atoms with Crippen molar-refractivity contribution in [2.45, 2.75) is 46.0 Å². The van der Waals surface area contributed by atoms with Crippen molar-refractivity contribution in [2.75, 3.05) is 5.32 Å². The number of carbonyl (C=O) groups excluding carboxylic acids is 1. The van der Waals surface area contributed by atoms with E-state index in [1.54, 1.807) is 6.92 Å². The minimum absolute atomic E-state index is 0.0815. The van der Waals surface area contributed by atoms with Gasteiger partial charge in [0, 0.05) is 12.2 Å². The molecule has 3 atom stereocenters. The van der Waals surface area contributed by atoms with Gasteiger partial charge in [0.05, 0.1) is 5.92 Å². The molecule has 1 aliphatic rings. The molecule has 0 bridgehead atoms. The van der Waals surface area contributed by atoms with Gasteiger partial charge in [0.2, 0.25) is 0 Å². The number of carbonyl (C=O) groups is 2. The topological polar surface area (TPSA) is 100 Å². The number of anilines is 1. The van der Waals surface area contributed by atoms with E-state index in [4.69, 9.17) is 5.11 Å². The van der Waals surface area contributed by atoms with Crippen LogP contribution in [0.4, 0.5) is 23.7 Å². The molecule has 1 aromatic rings. The molecule has 0 radical (unpaired) electrons. The number of hydrogen-bond acceptors (Lipinski definition) is 3. The summed E-state index contributed by atoms with van der Waals surface area (Å²) in [5.74, 6) is -1.47. The molecule has 1 saturated carbocycles. The Kier molecular flexibility index (Phi) is 5.58. The van der Waals surface area contributed by atoms with Gasteiger partial charge in [0.15, 0.2) is 0 Å². The van der Waals surface area contributed by atoms with Gasteiger partial charge in [-0.3, -0.25) is 9.59 Å². The molecule has 150 valence electrons. The number of alkyl halides is 3. The summed E-state index contributed by atoms with van der Waals surface area (Å²) in [5, 5.41) is 14.1. The largest absolute Gasteiger partial charge is 0.481 e. The van der Waals surface area contributed by atoms with Crippen LogP contribution in [0.15, 0.2) is 23.1 Å². The van der Waals surface area contributed by atoms with Gasteiger partial charge in [-0.2, -0.15) is 13.2 Å². The van der Waals surface area contributed by atoms with Gasteiger partial charge in [0.1, 0.15) is 12.2 Å². The Balaban J connectivity index is 2.01. The van der Waals surface area contributed by atoms with Crippen molar-refractivity contribution in [3.05, 3.63) is 28.7 Å². The highest BCUT2D eigenvalue weighted by Crippen LogP contribution is 2.52. The Morgan fingerprint density at radius 3 is 2.56 bits per heavy atom. The lowest BCUT2D eigenvalue weighted by Crippen LogP contribution is -2.57. The fraction of sp³-hybridized carbons (Fsp3) is 0.588. The van der Waals surface area contributed by atoms with Gasteiger partial charge in [-0.15, -0.1) is 0 Å². The van der Waals surface area contributed by atoms with E-state index >= 15 is 0 Å². The smallest absolute Gasteiger partial charge is 0.406 e. The molecular weight excluding hydrogens is 367 g/mol. The highest BCUT2D eigenvalue weighted by atomic mass is 19.4. The van der Waals surface area contributed by atoms with E-state index in [0.29, 0.717) is 11.0 Å². The van der Waals surface area contributed by atoms with Crippen molar-refractivity contribution < 1.29 is 27.9 Å². The number of halogens is 3. The molecule has 7 nitrogen and oxygen atoms in total. The highest BCUT2D eigenvalue weighted by Gasteiger charge is 2.53. The molecule has 0 aromatic carbocycles. The van der Waals surface area contributed by atoms with E-state index in [1.165, 1.54) is 12.1 Å². The molecule has 1 aliphatic carbocycles. The van der Waals surface area contributed by atoms with Crippen LogP contribution in [0, 0.1) is 17.3 Å². The van der Waals surface area contributed by atoms with Crippen molar-refractivity contribution in [3.63, 3.8) is 0 Å². The Morgan fingerprint density at radius 2 is 2.04 bits per heavy atom. The van der Waals surface area contributed by atoms with Crippen LogP contribution in [0.3, 0.4) is 0 Å². The summed E-state index contributed by atoms with van der Waals surface area (Å²) in [5.41, 5.74) is -1.75. The average molecular weight is 389 g/mol. The average Bonchev–Trinajstić information content (AvgIpc) is 2.48. The first-order valence-electron chi connectivity index (χ1n) is 8.39. The number of carboxylic acid groups (broad SMARTS) is 1. The number of nitrogens with zero attached hydrogens (tertiary/aromatic N) is 1. The number of rotatable bonds is 5. The van der Waals surface area contributed by atoms with Crippen LogP contribution in [0.2, 0.25) is 0 Å². The van der Waals surface area contributed by atoms with Gasteiger partial charge < -0.3 is 20.3 Å². The summed E-state index contributed by atoms with van der Waals surface area (Å²) >= 11 is 0. The molecule has 27 heavy (non-hydrogen) atoms. The van der Waals surface area contributed by atoms with Crippen LogP contribution in [-0.2, 0) is 11.3 Å². The fourth-order valence-electron chi connectivity index (χ4n) is 3.64. The zero-order valence-electron chi connectivity index (χ0n) is 15.1. The van der Waals surface area contributed by atoms with Gasteiger partial charge in [-0.1, -0.05) is 13.8 Å². The zero-order valence-corrected chi connectivity index (χ0v) is 15.1. The normalized spacial score (nSPS) is 22.4. The summed E-state index contributed by atoms with van der Waals surface area (Å²) in [7, 11) is 0. The van der Waals surface area contributed by atoms with Crippen LogP contribution >= 0.6 is 0 Å². The van der Waals surface area contributed by atoms with Crippen LogP contribution in [-0.4, -0.2) is 33.9 Å². The number of amides is 2. The summed E-state index contributed by atoms with van der Waals surface area (Å²) in [6.45, 7) is 3.88. The summed E-state index contributed by atoms with van der Waals surface area (Å²) < 4.78 is 37.9. The highest BCUT2D eigenvalue weighted by molar-refractivity contribution is 5.89. The van der Waals surface area contributed by atoms with Crippen LogP contribution in [0.1, 0.15) is 27.2 Å². The zero-order chi connectivity index (χ0) is 20.6. The molecule has 2 amide bonds. The standard InChI is InChI=1S/C17H22F3N3O4/c1-9(10-7-11(14(25)26)16(10,2)3)21-15(27)22-12-5-4-6-23(13(12)24)8-17(18,19)20/h4-6,9-11H,7-8H2,1-3H3,(H,25,26)(H2,21,22,27)/t9?,10-,11+/m0/s1. The van der Waals surface area contributed by atoms with Gasteiger partial charge in [-0.25, -0.2) is 4.79 Å². The fourth-order valence-corrected chi connectivity index (χ4v) is 3.64. The SMILES string of the molecule is CC(NC(=O)Nc1cccn(CC(F)(F)F)c1=O)[C@@H]1C[C@H](C(=O)O)C1(C)C. The third kappa shape index (κ3) is 4.61. The predicted octanol–water partition coefficient (Wildman–Crippen LogP) is 2.67. The first-order valence-corrected chi connectivity index (χ1v) is 8.39. The monoisotopic (exact) mass is 389 g/mol. The maximum atomic E-state index is 12.5. The van der Waals surface area contributed by atoms with Crippen molar-refractivity contribution >= 4 is 17.7 Å². The Morgan fingerprint density at radius 1 is 1.41 bits per heavy atom. The molecule has 2 rings (SSSR count). The molecule has 1 fully saturated rings. The van der Waals surface area contributed by atoms with Crippen LogP contribution in [0.5, 0.6) is 0 Å².